The van der Waals surface area contributed by atoms with Crippen LogP contribution in [0, 0.1) is 11.8 Å². The second-order valence-corrected chi connectivity index (χ2v) is 9.16. The summed E-state index contributed by atoms with van der Waals surface area (Å²) in [6, 6.07) is 10.4. The van der Waals surface area contributed by atoms with Crippen molar-refractivity contribution in [1.29, 1.82) is 0 Å². The molecule has 0 atom stereocenters. The summed E-state index contributed by atoms with van der Waals surface area (Å²) < 4.78 is 74.5. The highest BCUT2D eigenvalue weighted by Gasteiger charge is 2.31. The van der Waals surface area contributed by atoms with Crippen molar-refractivity contribution in [2.75, 3.05) is 42.6 Å². The van der Waals surface area contributed by atoms with Gasteiger partial charge in [-0.25, -0.2) is 0 Å². The summed E-state index contributed by atoms with van der Waals surface area (Å²) in [7, 11) is 0. The molecule has 4 rings (SSSR count). The summed E-state index contributed by atoms with van der Waals surface area (Å²) in [6.07, 6.45) is -4.29. The molecule has 2 aromatic rings. The van der Waals surface area contributed by atoms with Crippen molar-refractivity contribution in [3.8, 4) is 0 Å². The zero-order chi connectivity index (χ0) is 26.3. The predicted octanol–water partition coefficient (Wildman–Crippen LogP) is 6.03. The molecule has 4 nitrogen and oxygen atoms in total. The molecule has 2 aliphatic heterocycles. The molecule has 0 amide bonds. The molecule has 0 radical (unpaired) electrons. The lowest BCUT2D eigenvalue weighted by Crippen LogP contribution is -2.34. The standard InChI is InChI=1S/C13H16F3NO.C13H14F3NO/c2*14-13(15,16)11-1-3-12(4-2-11)17-7-5-10(9-18)6-8-17/h1-4,10,18H,5-9H2;1-4,9-10H,5-8H2. The zero-order valence-electron chi connectivity index (χ0n) is 19.7. The molecule has 0 spiro atoms. The average molecular weight is 517 g/mol. The first-order valence-corrected chi connectivity index (χ1v) is 11.9. The highest BCUT2D eigenvalue weighted by molar-refractivity contribution is 5.55. The van der Waals surface area contributed by atoms with Crippen molar-refractivity contribution in [1.82, 2.24) is 0 Å². The van der Waals surface area contributed by atoms with Gasteiger partial charge in [-0.3, -0.25) is 0 Å². The van der Waals surface area contributed by atoms with Crippen LogP contribution in [-0.2, 0) is 17.1 Å². The Kier molecular flexibility index (Phi) is 9.27. The number of carbonyl (C=O) groups excluding carboxylic acids is 1. The molecule has 10 heteroatoms. The maximum Gasteiger partial charge on any atom is 0.416 e. The van der Waals surface area contributed by atoms with E-state index in [9.17, 15) is 31.1 Å². The number of aliphatic hydroxyl groups excluding tert-OH is 1. The fourth-order valence-corrected chi connectivity index (χ4v) is 4.39. The van der Waals surface area contributed by atoms with E-state index in [0.29, 0.717) is 5.92 Å². The molecule has 0 aliphatic carbocycles. The molecule has 2 fully saturated rings. The van der Waals surface area contributed by atoms with E-state index >= 15 is 0 Å². The summed E-state index contributed by atoms with van der Waals surface area (Å²) in [5.74, 6) is 0.423. The van der Waals surface area contributed by atoms with Crippen LogP contribution >= 0.6 is 0 Å². The van der Waals surface area contributed by atoms with Gasteiger partial charge < -0.3 is 19.7 Å². The Bertz CT molecular complexity index is 944. The number of hydrogen-bond acceptors (Lipinski definition) is 4. The normalized spacial score (nSPS) is 18.0. The minimum absolute atomic E-state index is 0.0932. The van der Waals surface area contributed by atoms with Gasteiger partial charge in [0, 0.05) is 50.1 Å². The maximum atomic E-state index is 12.4. The Balaban J connectivity index is 0.000000201. The van der Waals surface area contributed by atoms with Crippen molar-refractivity contribution in [3.63, 3.8) is 0 Å². The molecule has 198 valence electrons. The minimum atomic E-state index is -4.29. The number of halogens is 6. The van der Waals surface area contributed by atoms with E-state index in [2.05, 4.69) is 4.90 Å². The first-order valence-electron chi connectivity index (χ1n) is 11.9. The Morgan fingerprint density at radius 3 is 1.36 bits per heavy atom. The first-order chi connectivity index (χ1) is 17.0. The van der Waals surface area contributed by atoms with Gasteiger partial charge in [-0.15, -0.1) is 0 Å². The van der Waals surface area contributed by atoms with Crippen LogP contribution in [-0.4, -0.2) is 44.2 Å². The molecule has 0 aromatic heterocycles. The van der Waals surface area contributed by atoms with Crippen LogP contribution < -0.4 is 9.80 Å². The number of piperidine rings is 2. The van der Waals surface area contributed by atoms with Gasteiger partial charge in [-0.1, -0.05) is 0 Å². The van der Waals surface area contributed by atoms with E-state index in [1.165, 1.54) is 24.3 Å². The van der Waals surface area contributed by atoms with Gasteiger partial charge in [0.25, 0.3) is 0 Å². The fraction of sp³-hybridized carbons (Fsp3) is 0.500. The van der Waals surface area contributed by atoms with Crippen molar-refractivity contribution in [2.45, 2.75) is 38.0 Å². The van der Waals surface area contributed by atoms with E-state index in [0.717, 1.165) is 93.8 Å². The van der Waals surface area contributed by atoms with E-state index in [1.807, 2.05) is 4.90 Å². The molecular formula is C26H30F6N2O2. The van der Waals surface area contributed by atoms with Gasteiger partial charge in [0.2, 0.25) is 0 Å². The minimum Gasteiger partial charge on any atom is -0.396 e. The monoisotopic (exact) mass is 516 g/mol. The summed E-state index contributed by atoms with van der Waals surface area (Å²) in [5.41, 5.74) is 0.359. The largest absolute Gasteiger partial charge is 0.416 e. The number of aliphatic hydroxyl groups is 1. The van der Waals surface area contributed by atoms with E-state index < -0.39 is 23.5 Å². The van der Waals surface area contributed by atoms with Gasteiger partial charge >= 0.3 is 12.4 Å². The third-order valence-corrected chi connectivity index (χ3v) is 6.72. The number of hydrogen-bond donors (Lipinski definition) is 1. The molecule has 2 aliphatic rings. The van der Waals surface area contributed by atoms with Crippen molar-refractivity contribution >= 4 is 17.7 Å². The second kappa shape index (κ2) is 12.0. The Hall–Kier alpha value is -2.75. The SMILES string of the molecule is O=CC1CCN(c2ccc(C(F)(F)F)cc2)CC1.OCC1CCN(c2ccc(C(F)(F)F)cc2)CC1. The summed E-state index contributed by atoms with van der Waals surface area (Å²) in [6.45, 7) is 3.21. The van der Waals surface area contributed by atoms with Crippen LogP contribution in [0.3, 0.4) is 0 Å². The smallest absolute Gasteiger partial charge is 0.396 e. The molecule has 1 N–H and O–H groups in total. The van der Waals surface area contributed by atoms with Crippen LogP contribution in [0.25, 0.3) is 0 Å². The Morgan fingerprint density at radius 1 is 0.694 bits per heavy atom. The number of aldehydes is 1. The number of rotatable bonds is 4. The molecule has 0 bridgehead atoms. The Labute approximate surface area is 206 Å². The topological polar surface area (TPSA) is 43.8 Å². The van der Waals surface area contributed by atoms with Gasteiger partial charge in [0.1, 0.15) is 6.29 Å². The molecule has 36 heavy (non-hydrogen) atoms. The fourth-order valence-electron chi connectivity index (χ4n) is 4.39. The van der Waals surface area contributed by atoms with Crippen molar-refractivity contribution in [3.05, 3.63) is 59.7 Å². The maximum absolute atomic E-state index is 12.4. The lowest BCUT2D eigenvalue weighted by atomic mass is 9.97. The van der Waals surface area contributed by atoms with Crippen LogP contribution in [0.1, 0.15) is 36.8 Å². The van der Waals surface area contributed by atoms with Crippen molar-refractivity contribution in [2.24, 2.45) is 11.8 Å². The molecule has 2 heterocycles. The Morgan fingerprint density at radius 2 is 1.06 bits per heavy atom. The van der Waals surface area contributed by atoms with Gasteiger partial charge in [-0.05, 0) is 80.1 Å². The van der Waals surface area contributed by atoms with Crippen molar-refractivity contribution < 1.29 is 36.2 Å². The highest BCUT2D eigenvalue weighted by Crippen LogP contribution is 2.32. The van der Waals surface area contributed by atoms with Crippen LogP contribution in [0.2, 0.25) is 0 Å². The highest BCUT2D eigenvalue weighted by atomic mass is 19.4. The number of carbonyl (C=O) groups is 1. The third-order valence-electron chi connectivity index (χ3n) is 6.72. The van der Waals surface area contributed by atoms with Crippen LogP contribution in [0.15, 0.2) is 48.5 Å². The lowest BCUT2D eigenvalue weighted by molar-refractivity contribution is -0.138. The second-order valence-electron chi connectivity index (χ2n) is 9.16. The zero-order valence-corrected chi connectivity index (χ0v) is 19.7. The van der Waals surface area contributed by atoms with Gasteiger partial charge in [0.05, 0.1) is 11.1 Å². The molecular weight excluding hydrogens is 486 g/mol. The third kappa shape index (κ3) is 7.62. The molecule has 2 aromatic carbocycles. The lowest BCUT2D eigenvalue weighted by Gasteiger charge is -2.33. The average Bonchev–Trinajstić information content (AvgIpc) is 2.88. The quantitative estimate of drug-likeness (QED) is 0.398. The van der Waals surface area contributed by atoms with Crippen LogP contribution in [0.4, 0.5) is 37.7 Å². The van der Waals surface area contributed by atoms with E-state index in [1.54, 1.807) is 0 Å². The van der Waals surface area contributed by atoms with E-state index in [-0.39, 0.29) is 12.5 Å². The number of benzene rings is 2. The first kappa shape index (κ1) is 27.8. The van der Waals surface area contributed by atoms with Gasteiger partial charge in [0.15, 0.2) is 0 Å². The summed E-state index contributed by atoms with van der Waals surface area (Å²) in [4.78, 5) is 14.7. The predicted molar refractivity (Wildman–Crippen MR) is 126 cm³/mol. The summed E-state index contributed by atoms with van der Waals surface area (Å²) in [5, 5.41) is 9.03. The van der Waals surface area contributed by atoms with E-state index in [4.69, 9.17) is 5.11 Å². The molecule has 2 saturated heterocycles. The number of alkyl halides is 6. The molecule has 0 saturated carbocycles. The molecule has 0 unspecified atom stereocenters. The van der Waals surface area contributed by atoms with Gasteiger partial charge in [-0.2, -0.15) is 26.3 Å². The van der Waals surface area contributed by atoms with Crippen LogP contribution in [0.5, 0.6) is 0 Å². The number of nitrogens with zero attached hydrogens (tertiary/aromatic N) is 2. The number of anilines is 2. The summed E-state index contributed by atoms with van der Waals surface area (Å²) >= 11 is 0.